The summed E-state index contributed by atoms with van der Waals surface area (Å²) in [6.45, 7) is 0. The maximum atomic E-state index is 12.8. The molecule has 0 aliphatic heterocycles. The Morgan fingerprint density at radius 2 is 0.688 bits per heavy atom. The van der Waals surface area contributed by atoms with Crippen LogP contribution in [0.4, 0.5) is 11.4 Å². The van der Waals surface area contributed by atoms with Gasteiger partial charge in [0.05, 0.1) is 0 Å². The molecule has 156 valence electrons. The summed E-state index contributed by atoms with van der Waals surface area (Å²) in [5.74, 6) is -0.530. The van der Waals surface area contributed by atoms with Gasteiger partial charge in [0.1, 0.15) is 0 Å². The van der Waals surface area contributed by atoms with Crippen LogP contribution < -0.4 is 11.5 Å². The summed E-state index contributed by atoms with van der Waals surface area (Å²) in [6.07, 6.45) is 0. The SMILES string of the molecule is Nc1cccc(C(=O)c2ccc(C(=O)c3ccc(C(=O)c4cccc(N)c4)cc3)cc2)c1. The van der Waals surface area contributed by atoms with E-state index in [0.29, 0.717) is 44.8 Å². The van der Waals surface area contributed by atoms with Gasteiger partial charge in [-0.15, -0.1) is 0 Å². The normalized spacial score (nSPS) is 10.5. The Labute approximate surface area is 185 Å². The lowest BCUT2D eigenvalue weighted by molar-refractivity contribution is 0.102. The zero-order valence-electron chi connectivity index (χ0n) is 17.1. The molecule has 0 unspecified atom stereocenters. The molecule has 0 aliphatic carbocycles. The Hall–Kier alpha value is -4.51. The van der Waals surface area contributed by atoms with E-state index < -0.39 is 0 Å². The van der Waals surface area contributed by atoms with Gasteiger partial charge in [0.15, 0.2) is 17.3 Å². The number of rotatable bonds is 6. The number of benzene rings is 4. The highest BCUT2D eigenvalue weighted by Crippen LogP contribution is 2.18. The van der Waals surface area contributed by atoms with Crippen molar-refractivity contribution < 1.29 is 14.4 Å². The Morgan fingerprint density at radius 3 is 0.969 bits per heavy atom. The smallest absolute Gasteiger partial charge is 0.193 e. The summed E-state index contributed by atoms with van der Waals surface area (Å²) in [6, 6.07) is 26.5. The molecule has 4 aromatic rings. The van der Waals surface area contributed by atoms with E-state index in [2.05, 4.69) is 0 Å². The van der Waals surface area contributed by atoms with Crippen molar-refractivity contribution in [1.82, 2.24) is 0 Å². The quantitative estimate of drug-likeness (QED) is 0.352. The number of hydrogen-bond donors (Lipinski definition) is 2. The molecule has 4 aromatic carbocycles. The van der Waals surface area contributed by atoms with Crippen LogP contribution in [-0.2, 0) is 0 Å². The second kappa shape index (κ2) is 8.70. The van der Waals surface area contributed by atoms with Gasteiger partial charge in [-0.25, -0.2) is 0 Å². The molecule has 0 aliphatic rings. The highest BCUT2D eigenvalue weighted by molar-refractivity contribution is 6.13. The fraction of sp³-hybridized carbons (Fsp3) is 0. The Kier molecular flexibility index (Phi) is 5.64. The molecule has 0 fully saturated rings. The van der Waals surface area contributed by atoms with E-state index in [9.17, 15) is 14.4 Å². The van der Waals surface area contributed by atoms with E-state index in [0.717, 1.165) is 0 Å². The molecule has 0 saturated carbocycles. The van der Waals surface area contributed by atoms with Crippen LogP contribution in [0, 0.1) is 0 Å². The number of ketones is 3. The summed E-state index contributed by atoms with van der Waals surface area (Å²) in [5, 5.41) is 0. The standard InChI is InChI=1S/C27H20N2O3/c28-23-5-1-3-21(15-23)26(31)19-11-7-17(8-12-19)25(30)18-9-13-20(14-10-18)27(32)22-4-2-6-24(29)16-22/h1-16H,28-29H2. The molecule has 5 heteroatoms. The predicted molar refractivity (Wildman–Crippen MR) is 125 cm³/mol. The van der Waals surface area contributed by atoms with Crippen molar-refractivity contribution in [3.8, 4) is 0 Å². The lowest BCUT2D eigenvalue weighted by atomic mass is 9.96. The van der Waals surface area contributed by atoms with Gasteiger partial charge in [-0.3, -0.25) is 14.4 Å². The molecule has 0 amide bonds. The Morgan fingerprint density at radius 1 is 0.406 bits per heavy atom. The fourth-order valence-electron chi connectivity index (χ4n) is 3.41. The van der Waals surface area contributed by atoms with Gasteiger partial charge in [-0.2, -0.15) is 0 Å². The van der Waals surface area contributed by atoms with Gasteiger partial charge < -0.3 is 11.5 Å². The summed E-state index contributed by atoms with van der Waals surface area (Å²) < 4.78 is 0. The Balaban J connectivity index is 1.51. The first-order valence-corrected chi connectivity index (χ1v) is 9.98. The first-order chi connectivity index (χ1) is 15.4. The van der Waals surface area contributed by atoms with Crippen molar-refractivity contribution in [2.24, 2.45) is 0 Å². The number of carbonyl (C=O) groups is 3. The van der Waals surface area contributed by atoms with Crippen LogP contribution in [0.25, 0.3) is 0 Å². The van der Waals surface area contributed by atoms with Gasteiger partial charge in [0.2, 0.25) is 0 Å². The van der Waals surface area contributed by atoms with E-state index in [1.54, 1.807) is 97.1 Å². The third-order valence-corrected chi connectivity index (χ3v) is 5.12. The Bertz CT molecular complexity index is 1220. The molecule has 5 nitrogen and oxygen atoms in total. The molecule has 0 radical (unpaired) electrons. The summed E-state index contributed by atoms with van der Waals surface area (Å²) in [5.41, 5.74) is 15.3. The number of nitrogen functional groups attached to an aromatic ring is 2. The van der Waals surface area contributed by atoms with Crippen LogP contribution in [0.1, 0.15) is 47.8 Å². The average Bonchev–Trinajstić information content (AvgIpc) is 2.83. The van der Waals surface area contributed by atoms with Crippen LogP contribution in [0.3, 0.4) is 0 Å². The maximum absolute atomic E-state index is 12.8. The van der Waals surface area contributed by atoms with Crippen LogP contribution in [0.15, 0.2) is 97.1 Å². The molecule has 0 bridgehead atoms. The summed E-state index contributed by atoms with van der Waals surface area (Å²) in [4.78, 5) is 38.1. The van der Waals surface area contributed by atoms with Crippen LogP contribution in [-0.4, -0.2) is 17.3 Å². The number of nitrogens with two attached hydrogens (primary N) is 2. The fourth-order valence-corrected chi connectivity index (χ4v) is 3.41. The van der Waals surface area contributed by atoms with Crippen molar-refractivity contribution in [2.75, 3.05) is 11.5 Å². The topological polar surface area (TPSA) is 103 Å². The summed E-state index contributed by atoms with van der Waals surface area (Å²) >= 11 is 0. The maximum Gasteiger partial charge on any atom is 0.193 e. The molecule has 0 atom stereocenters. The molecule has 32 heavy (non-hydrogen) atoms. The highest BCUT2D eigenvalue weighted by atomic mass is 16.1. The van der Waals surface area contributed by atoms with Crippen molar-refractivity contribution in [1.29, 1.82) is 0 Å². The van der Waals surface area contributed by atoms with Crippen LogP contribution in [0.5, 0.6) is 0 Å². The van der Waals surface area contributed by atoms with Crippen molar-refractivity contribution in [2.45, 2.75) is 0 Å². The number of carbonyl (C=O) groups excluding carboxylic acids is 3. The minimum atomic E-state index is -0.198. The molecule has 4 N–H and O–H groups in total. The zero-order valence-corrected chi connectivity index (χ0v) is 17.1. The van der Waals surface area contributed by atoms with E-state index >= 15 is 0 Å². The number of anilines is 2. The van der Waals surface area contributed by atoms with Crippen LogP contribution in [0.2, 0.25) is 0 Å². The molecule has 0 spiro atoms. The largest absolute Gasteiger partial charge is 0.399 e. The van der Waals surface area contributed by atoms with E-state index in [1.807, 2.05) is 0 Å². The van der Waals surface area contributed by atoms with E-state index in [4.69, 9.17) is 11.5 Å². The molecule has 0 heterocycles. The van der Waals surface area contributed by atoms with Gasteiger partial charge in [-0.05, 0) is 24.3 Å². The van der Waals surface area contributed by atoms with Crippen LogP contribution >= 0.6 is 0 Å². The monoisotopic (exact) mass is 420 g/mol. The molecular weight excluding hydrogens is 400 g/mol. The second-order valence-corrected chi connectivity index (χ2v) is 7.39. The molecular formula is C27H20N2O3. The lowest BCUT2D eigenvalue weighted by Crippen LogP contribution is -2.06. The summed E-state index contributed by atoms with van der Waals surface area (Å²) in [7, 11) is 0. The zero-order chi connectivity index (χ0) is 22.7. The van der Waals surface area contributed by atoms with Crippen molar-refractivity contribution >= 4 is 28.7 Å². The van der Waals surface area contributed by atoms with E-state index in [1.165, 1.54) is 0 Å². The van der Waals surface area contributed by atoms with Crippen molar-refractivity contribution in [3.05, 3.63) is 130 Å². The first kappa shape index (κ1) is 20.8. The second-order valence-electron chi connectivity index (χ2n) is 7.39. The van der Waals surface area contributed by atoms with Gasteiger partial charge in [-0.1, -0.05) is 72.8 Å². The molecule has 0 saturated heterocycles. The number of hydrogen-bond acceptors (Lipinski definition) is 5. The highest BCUT2D eigenvalue weighted by Gasteiger charge is 2.14. The lowest BCUT2D eigenvalue weighted by Gasteiger charge is -2.06. The minimum absolute atomic E-state index is 0.166. The third kappa shape index (κ3) is 4.32. The predicted octanol–water partition coefficient (Wildman–Crippen LogP) is 4.54. The van der Waals surface area contributed by atoms with E-state index in [-0.39, 0.29) is 17.3 Å². The van der Waals surface area contributed by atoms with Gasteiger partial charge in [0.25, 0.3) is 0 Å². The molecule has 0 aromatic heterocycles. The van der Waals surface area contributed by atoms with Gasteiger partial charge >= 0.3 is 0 Å². The van der Waals surface area contributed by atoms with Crippen molar-refractivity contribution in [3.63, 3.8) is 0 Å². The first-order valence-electron chi connectivity index (χ1n) is 9.98. The average molecular weight is 420 g/mol. The molecule has 4 rings (SSSR count). The minimum Gasteiger partial charge on any atom is -0.399 e. The van der Waals surface area contributed by atoms with Gasteiger partial charge in [0, 0.05) is 44.8 Å². The third-order valence-electron chi connectivity index (χ3n) is 5.12.